The Morgan fingerprint density at radius 1 is 0.500 bits per heavy atom. The zero-order valence-electron chi connectivity index (χ0n) is 14.7. The Kier molecular flexibility index (Phi) is 7.20. The Labute approximate surface area is 159 Å². The molecule has 8 N–H and O–H groups in total. The van der Waals surface area contributed by atoms with Crippen LogP contribution in [-0.2, 0) is 23.7 Å². The molecule has 2 unspecified atom stereocenters. The molecule has 3 fully saturated rings. The highest BCUT2D eigenvalue weighted by Crippen LogP contribution is 2.26. The maximum Gasteiger partial charge on any atom is 0.186 e. The van der Waals surface area contributed by atoms with Crippen molar-refractivity contribution in [2.75, 3.05) is 19.8 Å². The highest BCUT2D eigenvalue weighted by Gasteiger charge is 2.47. The van der Waals surface area contributed by atoms with Crippen LogP contribution in [0.4, 0.5) is 0 Å². The molecule has 3 saturated heterocycles. The molecule has 13 nitrogen and oxygen atoms in total. The second-order valence-corrected chi connectivity index (χ2v) is 6.99. The van der Waals surface area contributed by atoms with Crippen molar-refractivity contribution >= 4 is 0 Å². The molecular formula is C15H26O13. The van der Waals surface area contributed by atoms with Crippen LogP contribution in [0.1, 0.15) is 0 Å². The molecule has 3 heterocycles. The molecule has 164 valence electrons. The van der Waals surface area contributed by atoms with Gasteiger partial charge in [0.1, 0.15) is 54.9 Å². The summed E-state index contributed by atoms with van der Waals surface area (Å²) < 4.78 is 25.9. The zero-order valence-corrected chi connectivity index (χ0v) is 14.7. The third-order valence-electron chi connectivity index (χ3n) is 4.96. The van der Waals surface area contributed by atoms with E-state index >= 15 is 0 Å². The minimum atomic E-state index is -1.63. The fourth-order valence-electron chi connectivity index (χ4n) is 3.15. The van der Waals surface area contributed by atoms with E-state index < -0.39 is 73.8 Å². The van der Waals surface area contributed by atoms with Crippen molar-refractivity contribution in [3.8, 4) is 0 Å². The van der Waals surface area contributed by atoms with Crippen LogP contribution in [0.2, 0.25) is 0 Å². The van der Waals surface area contributed by atoms with Crippen LogP contribution < -0.4 is 0 Å². The van der Waals surface area contributed by atoms with Crippen molar-refractivity contribution in [3.63, 3.8) is 0 Å². The number of rotatable bonds is 4. The van der Waals surface area contributed by atoms with Gasteiger partial charge in [-0.2, -0.15) is 0 Å². The SMILES string of the molecule is OC1OC[C@@H](OC2OC[C@@H](O[C@@H]3OC[C@@H](O)[C@H](O)[C@H]3O)[C@H](O)[C@H]2O)[C@H](O)[C@H]1O. The molecule has 3 aliphatic heterocycles. The second kappa shape index (κ2) is 9.09. The molecule has 0 spiro atoms. The molecule has 0 aliphatic carbocycles. The van der Waals surface area contributed by atoms with Crippen molar-refractivity contribution < 1.29 is 64.5 Å². The van der Waals surface area contributed by atoms with Gasteiger partial charge in [0.05, 0.1) is 19.8 Å². The van der Waals surface area contributed by atoms with Crippen molar-refractivity contribution in [2.24, 2.45) is 0 Å². The Balaban J connectivity index is 1.54. The van der Waals surface area contributed by atoms with E-state index in [2.05, 4.69) is 0 Å². The van der Waals surface area contributed by atoms with Gasteiger partial charge >= 0.3 is 0 Å². The van der Waals surface area contributed by atoms with E-state index in [0.29, 0.717) is 0 Å². The van der Waals surface area contributed by atoms with Gasteiger partial charge in [-0.1, -0.05) is 0 Å². The van der Waals surface area contributed by atoms with Crippen LogP contribution in [0.25, 0.3) is 0 Å². The first kappa shape index (κ1) is 22.2. The van der Waals surface area contributed by atoms with Crippen LogP contribution in [0.5, 0.6) is 0 Å². The van der Waals surface area contributed by atoms with Crippen LogP contribution >= 0.6 is 0 Å². The molecule has 28 heavy (non-hydrogen) atoms. The van der Waals surface area contributed by atoms with Crippen molar-refractivity contribution in [2.45, 2.75) is 73.8 Å². The lowest BCUT2D eigenvalue weighted by molar-refractivity contribution is -0.346. The molecule has 3 rings (SSSR count). The van der Waals surface area contributed by atoms with Gasteiger partial charge in [-0.05, 0) is 0 Å². The van der Waals surface area contributed by atoms with Crippen molar-refractivity contribution in [1.82, 2.24) is 0 Å². The molecule has 0 aromatic carbocycles. The Bertz CT molecular complexity index is 464. The lowest BCUT2D eigenvalue weighted by Crippen LogP contribution is -2.61. The first-order valence-corrected chi connectivity index (χ1v) is 8.81. The molecule has 0 saturated carbocycles. The number of ether oxygens (including phenoxy) is 5. The first-order valence-electron chi connectivity index (χ1n) is 8.81. The van der Waals surface area contributed by atoms with Gasteiger partial charge in [0.2, 0.25) is 0 Å². The van der Waals surface area contributed by atoms with Gasteiger partial charge in [-0.25, -0.2) is 0 Å². The molecule has 0 aromatic rings. The molecule has 0 aromatic heterocycles. The van der Waals surface area contributed by atoms with Crippen LogP contribution in [0.15, 0.2) is 0 Å². The number of hydrogen-bond acceptors (Lipinski definition) is 13. The van der Waals surface area contributed by atoms with Gasteiger partial charge in [-0.3, -0.25) is 0 Å². The first-order chi connectivity index (χ1) is 13.2. The van der Waals surface area contributed by atoms with Gasteiger partial charge in [0.15, 0.2) is 18.9 Å². The highest BCUT2D eigenvalue weighted by molar-refractivity contribution is 4.89. The van der Waals surface area contributed by atoms with Crippen LogP contribution in [0.3, 0.4) is 0 Å². The third-order valence-corrected chi connectivity index (χ3v) is 4.96. The van der Waals surface area contributed by atoms with Gasteiger partial charge < -0.3 is 64.5 Å². The molecular weight excluding hydrogens is 388 g/mol. The van der Waals surface area contributed by atoms with E-state index in [0.717, 1.165) is 0 Å². The summed E-state index contributed by atoms with van der Waals surface area (Å²) in [4.78, 5) is 0. The summed E-state index contributed by atoms with van der Waals surface area (Å²) in [7, 11) is 0. The highest BCUT2D eigenvalue weighted by atomic mass is 16.7. The molecule has 3 aliphatic rings. The standard InChI is InChI=1S/C15H26O13/c16-4-1-25-14(11(21)7(4)17)28-6-3-26-15(12(22)9(6)19)27-5-2-24-13(23)10(20)8(5)18/h4-23H,1-3H2/t4-,5-,6-,7+,8+,9+,10-,11-,12-,13?,14+,15?/m1/s1. The van der Waals surface area contributed by atoms with Gasteiger partial charge in [0.25, 0.3) is 0 Å². The number of hydrogen-bond donors (Lipinski definition) is 8. The fourth-order valence-corrected chi connectivity index (χ4v) is 3.15. The Morgan fingerprint density at radius 3 is 1.57 bits per heavy atom. The van der Waals surface area contributed by atoms with E-state index in [-0.39, 0.29) is 19.8 Å². The molecule has 13 heteroatoms. The van der Waals surface area contributed by atoms with Crippen molar-refractivity contribution in [3.05, 3.63) is 0 Å². The summed E-state index contributed by atoms with van der Waals surface area (Å²) in [6.45, 7) is -0.887. The van der Waals surface area contributed by atoms with Crippen LogP contribution in [-0.4, -0.2) is 134 Å². The van der Waals surface area contributed by atoms with E-state index in [4.69, 9.17) is 23.7 Å². The third kappa shape index (κ3) is 4.46. The monoisotopic (exact) mass is 414 g/mol. The molecule has 0 bridgehead atoms. The minimum absolute atomic E-state index is 0.287. The quantitative estimate of drug-likeness (QED) is 0.216. The maximum atomic E-state index is 10.3. The number of aliphatic hydroxyl groups is 8. The second-order valence-electron chi connectivity index (χ2n) is 6.99. The molecule has 12 atom stereocenters. The average molecular weight is 414 g/mol. The summed E-state index contributed by atoms with van der Waals surface area (Å²) in [6, 6.07) is 0. The smallest absolute Gasteiger partial charge is 0.186 e. The normalized spacial score (nSPS) is 53.1. The topological polar surface area (TPSA) is 208 Å². The van der Waals surface area contributed by atoms with E-state index in [1.54, 1.807) is 0 Å². The summed E-state index contributed by atoms with van der Waals surface area (Å²) in [6.07, 6.45) is -17.3. The molecule has 0 amide bonds. The number of aliphatic hydroxyl groups excluding tert-OH is 8. The lowest BCUT2D eigenvalue weighted by atomic mass is 10.0. The predicted octanol–water partition coefficient (Wildman–Crippen LogP) is -5.66. The minimum Gasteiger partial charge on any atom is -0.388 e. The fraction of sp³-hybridized carbons (Fsp3) is 1.00. The van der Waals surface area contributed by atoms with Gasteiger partial charge in [-0.15, -0.1) is 0 Å². The predicted molar refractivity (Wildman–Crippen MR) is 83.2 cm³/mol. The summed E-state index contributed by atoms with van der Waals surface area (Å²) in [5.41, 5.74) is 0. The van der Waals surface area contributed by atoms with E-state index in [9.17, 15) is 40.9 Å². The average Bonchev–Trinajstić information content (AvgIpc) is 2.68. The zero-order chi connectivity index (χ0) is 20.6. The van der Waals surface area contributed by atoms with Crippen molar-refractivity contribution in [1.29, 1.82) is 0 Å². The summed E-state index contributed by atoms with van der Waals surface area (Å²) in [5.74, 6) is 0. The van der Waals surface area contributed by atoms with E-state index in [1.807, 2.05) is 0 Å². The maximum absolute atomic E-state index is 10.3. The Morgan fingerprint density at radius 2 is 0.964 bits per heavy atom. The summed E-state index contributed by atoms with van der Waals surface area (Å²) >= 11 is 0. The van der Waals surface area contributed by atoms with Crippen LogP contribution in [0, 0.1) is 0 Å². The summed E-state index contributed by atoms with van der Waals surface area (Å²) in [5, 5.41) is 78.3. The van der Waals surface area contributed by atoms with Gasteiger partial charge in [0, 0.05) is 0 Å². The lowest BCUT2D eigenvalue weighted by Gasteiger charge is -2.43. The largest absolute Gasteiger partial charge is 0.388 e. The molecule has 0 radical (unpaired) electrons. The Hall–Kier alpha value is -0.520. The van der Waals surface area contributed by atoms with E-state index in [1.165, 1.54) is 0 Å².